The highest BCUT2D eigenvalue weighted by Crippen LogP contribution is 2.24. The molecule has 1 aromatic rings. The smallest absolute Gasteiger partial charge is 0.327 e. The summed E-state index contributed by atoms with van der Waals surface area (Å²) in [5.41, 5.74) is -0.468. The second-order valence-corrected chi connectivity index (χ2v) is 7.32. The van der Waals surface area contributed by atoms with Crippen LogP contribution in [0.25, 0.3) is 0 Å². The van der Waals surface area contributed by atoms with E-state index >= 15 is 0 Å². The first-order chi connectivity index (χ1) is 13.4. The summed E-state index contributed by atoms with van der Waals surface area (Å²) in [5.74, 6) is -1.56. The van der Waals surface area contributed by atoms with Crippen LogP contribution < -0.4 is 5.32 Å². The number of nitrogens with one attached hydrogen (secondary N) is 1. The minimum Gasteiger partial charge on any atom is -0.446 e. The summed E-state index contributed by atoms with van der Waals surface area (Å²) in [7, 11) is 0. The summed E-state index contributed by atoms with van der Waals surface area (Å²) in [6, 6.07) is 8.13. The minimum atomic E-state index is -1.09. The zero-order valence-corrected chi connectivity index (χ0v) is 16.1. The Morgan fingerprint density at radius 1 is 1.18 bits per heavy atom. The molecule has 150 valence electrons. The van der Waals surface area contributed by atoms with Gasteiger partial charge in [0, 0.05) is 18.7 Å². The molecule has 28 heavy (non-hydrogen) atoms. The lowest BCUT2D eigenvalue weighted by Crippen LogP contribution is -2.44. The van der Waals surface area contributed by atoms with E-state index in [1.165, 1.54) is 0 Å². The molecule has 0 aromatic heterocycles. The third kappa shape index (κ3) is 3.85. The summed E-state index contributed by atoms with van der Waals surface area (Å²) in [6.07, 6.45) is 1.15. The Labute approximate surface area is 163 Å². The first kappa shape index (κ1) is 19.9. The monoisotopic (exact) mass is 387 g/mol. The van der Waals surface area contributed by atoms with E-state index in [1.807, 2.05) is 6.07 Å². The molecule has 3 rings (SSSR count). The van der Waals surface area contributed by atoms with Crippen LogP contribution in [0, 0.1) is 0 Å². The molecule has 1 aromatic carbocycles. The Hall–Kier alpha value is -2.90. The number of benzene rings is 1. The highest BCUT2D eigenvalue weighted by Gasteiger charge is 2.47. The van der Waals surface area contributed by atoms with Gasteiger partial charge in [0.1, 0.15) is 12.1 Å². The Balaban J connectivity index is 1.74. The fourth-order valence-electron chi connectivity index (χ4n) is 3.42. The summed E-state index contributed by atoms with van der Waals surface area (Å²) in [5, 5.41) is 2.59. The van der Waals surface area contributed by atoms with Gasteiger partial charge in [-0.15, -0.1) is 0 Å². The number of carbonyl (C=O) groups excluding carboxylic acids is 4. The molecule has 0 aliphatic carbocycles. The highest BCUT2D eigenvalue weighted by atomic mass is 16.5. The number of rotatable bonds is 6. The van der Waals surface area contributed by atoms with Crippen LogP contribution >= 0.6 is 0 Å². The molecule has 4 amide bonds. The van der Waals surface area contributed by atoms with Gasteiger partial charge in [-0.05, 0) is 26.2 Å². The minimum absolute atomic E-state index is 0.285. The van der Waals surface area contributed by atoms with E-state index in [9.17, 15) is 19.2 Å². The lowest BCUT2D eigenvalue weighted by molar-refractivity contribution is -0.161. The number of esters is 1. The molecule has 8 heteroatoms. The van der Waals surface area contributed by atoms with Crippen LogP contribution in [0.4, 0.5) is 4.79 Å². The average Bonchev–Trinajstić information content (AvgIpc) is 3.30. The van der Waals surface area contributed by atoms with Crippen molar-refractivity contribution in [3.05, 3.63) is 35.9 Å². The van der Waals surface area contributed by atoms with Gasteiger partial charge in [-0.1, -0.05) is 37.3 Å². The van der Waals surface area contributed by atoms with Crippen molar-refractivity contribution in [3.8, 4) is 0 Å². The van der Waals surface area contributed by atoms with E-state index in [0.29, 0.717) is 25.1 Å². The van der Waals surface area contributed by atoms with Gasteiger partial charge in [0.2, 0.25) is 6.10 Å². The van der Waals surface area contributed by atoms with Gasteiger partial charge in [0.05, 0.1) is 0 Å². The number of ether oxygens (including phenoxy) is 1. The van der Waals surface area contributed by atoms with E-state index in [1.54, 1.807) is 43.0 Å². The number of likely N-dealkylation sites (tertiary alicyclic amines) is 1. The number of carbonyl (C=O) groups is 4. The van der Waals surface area contributed by atoms with Gasteiger partial charge in [-0.3, -0.25) is 19.3 Å². The molecular formula is C20H25N3O5. The van der Waals surface area contributed by atoms with E-state index < -0.39 is 36.1 Å². The second kappa shape index (κ2) is 8.00. The van der Waals surface area contributed by atoms with E-state index in [-0.39, 0.29) is 5.91 Å². The number of nitrogens with zero attached hydrogens (tertiary/aromatic N) is 2. The van der Waals surface area contributed by atoms with Gasteiger partial charge in [-0.2, -0.15) is 0 Å². The van der Waals surface area contributed by atoms with Gasteiger partial charge >= 0.3 is 12.0 Å². The van der Waals surface area contributed by atoms with Crippen LogP contribution in [0.2, 0.25) is 0 Å². The average molecular weight is 387 g/mol. The molecule has 2 aliphatic heterocycles. The maximum atomic E-state index is 12.9. The standard InChI is InChI=1S/C20H25N3O5/c1-3-20(2)18(26)23(19(27)21-20)13-15(24)28-16(14-9-5-4-6-10-14)17(25)22-11-7-8-12-22/h4-6,9-10,16H,3,7-8,11-13H2,1-2H3,(H,21,27). The number of hydrogen-bond acceptors (Lipinski definition) is 5. The van der Waals surface area contributed by atoms with Gasteiger partial charge in [0.15, 0.2) is 0 Å². The molecule has 8 nitrogen and oxygen atoms in total. The van der Waals surface area contributed by atoms with Crippen LogP contribution in [-0.2, 0) is 19.1 Å². The molecule has 0 radical (unpaired) electrons. The topological polar surface area (TPSA) is 96.0 Å². The SMILES string of the molecule is CCC1(C)NC(=O)N(CC(=O)OC(C(=O)N2CCCC2)c2ccccc2)C1=O. The Bertz CT molecular complexity index is 775. The molecule has 1 N–H and O–H groups in total. The fraction of sp³-hybridized carbons (Fsp3) is 0.500. The zero-order valence-electron chi connectivity index (χ0n) is 16.1. The van der Waals surface area contributed by atoms with Crippen LogP contribution in [0.5, 0.6) is 0 Å². The van der Waals surface area contributed by atoms with Crippen LogP contribution in [0.3, 0.4) is 0 Å². The summed E-state index contributed by atoms with van der Waals surface area (Å²) in [6.45, 7) is 4.11. The van der Waals surface area contributed by atoms with Crippen molar-refractivity contribution in [2.75, 3.05) is 19.6 Å². The Morgan fingerprint density at radius 2 is 1.82 bits per heavy atom. The van der Waals surface area contributed by atoms with Crippen molar-refractivity contribution < 1.29 is 23.9 Å². The maximum absolute atomic E-state index is 12.9. The van der Waals surface area contributed by atoms with Crippen molar-refractivity contribution in [1.82, 2.24) is 15.1 Å². The first-order valence-corrected chi connectivity index (χ1v) is 9.53. The maximum Gasteiger partial charge on any atom is 0.327 e. The number of urea groups is 1. The molecule has 2 unspecified atom stereocenters. The second-order valence-electron chi connectivity index (χ2n) is 7.32. The summed E-state index contributed by atoms with van der Waals surface area (Å²) in [4.78, 5) is 52.5. The molecule has 2 fully saturated rings. The molecule has 2 saturated heterocycles. The van der Waals surface area contributed by atoms with Crippen LogP contribution in [0.15, 0.2) is 30.3 Å². The molecule has 0 bridgehead atoms. The number of amides is 4. The number of hydrogen-bond donors (Lipinski definition) is 1. The lowest BCUT2D eigenvalue weighted by atomic mass is 9.99. The summed E-state index contributed by atoms with van der Waals surface area (Å²) < 4.78 is 5.47. The van der Waals surface area contributed by atoms with Gasteiger partial charge < -0.3 is 15.0 Å². The lowest BCUT2D eigenvalue weighted by Gasteiger charge is -2.24. The van der Waals surface area contributed by atoms with E-state index in [4.69, 9.17) is 4.74 Å². The largest absolute Gasteiger partial charge is 0.446 e. The van der Waals surface area contributed by atoms with Crippen molar-refractivity contribution >= 4 is 23.8 Å². The van der Waals surface area contributed by atoms with E-state index in [0.717, 1.165) is 17.7 Å². The quantitative estimate of drug-likeness (QED) is 0.591. The van der Waals surface area contributed by atoms with Crippen molar-refractivity contribution in [2.45, 2.75) is 44.8 Å². The van der Waals surface area contributed by atoms with Crippen molar-refractivity contribution in [3.63, 3.8) is 0 Å². The molecular weight excluding hydrogens is 362 g/mol. The third-order valence-electron chi connectivity index (χ3n) is 5.33. The molecule has 2 atom stereocenters. The zero-order chi connectivity index (χ0) is 20.3. The predicted octanol–water partition coefficient (Wildman–Crippen LogP) is 1.61. The van der Waals surface area contributed by atoms with Gasteiger partial charge in [0.25, 0.3) is 11.8 Å². The van der Waals surface area contributed by atoms with Crippen LogP contribution in [-0.4, -0.2) is 58.8 Å². The number of imide groups is 1. The Kier molecular flexibility index (Phi) is 5.67. The molecule has 0 saturated carbocycles. The van der Waals surface area contributed by atoms with Gasteiger partial charge in [-0.25, -0.2) is 4.79 Å². The van der Waals surface area contributed by atoms with Crippen LogP contribution in [0.1, 0.15) is 44.8 Å². The molecule has 2 aliphatic rings. The third-order valence-corrected chi connectivity index (χ3v) is 5.33. The highest BCUT2D eigenvalue weighted by molar-refractivity contribution is 6.08. The van der Waals surface area contributed by atoms with E-state index in [2.05, 4.69) is 5.32 Å². The van der Waals surface area contributed by atoms with Crippen molar-refractivity contribution in [1.29, 1.82) is 0 Å². The van der Waals surface area contributed by atoms with Crippen molar-refractivity contribution in [2.24, 2.45) is 0 Å². The normalized spacial score (nSPS) is 22.9. The molecule has 0 spiro atoms. The summed E-state index contributed by atoms with van der Waals surface area (Å²) >= 11 is 0. The first-order valence-electron chi connectivity index (χ1n) is 9.53. The fourth-order valence-corrected chi connectivity index (χ4v) is 3.42. The predicted molar refractivity (Wildman–Crippen MR) is 100 cm³/mol. The Morgan fingerprint density at radius 3 is 2.39 bits per heavy atom. The molecule has 2 heterocycles.